The van der Waals surface area contributed by atoms with Crippen molar-refractivity contribution < 1.29 is 9.53 Å². The number of aromatic nitrogens is 2. The summed E-state index contributed by atoms with van der Waals surface area (Å²) < 4.78 is 5.36. The van der Waals surface area contributed by atoms with Crippen molar-refractivity contribution in [1.82, 2.24) is 20.6 Å². The maximum absolute atomic E-state index is 12.6. The first kappa shape index (κ1) is 24.0. The Balaban J connectivity index is 1.38. The predicted octanol–water partition coefficient (Wildman–Crippen LogP) is 4.53. The average molecular weight is 462 g/mol. The Bertz CT molecular complexity index is 1130. The molecular weight excluding hydrogens is 426 g/mol. The minimum Gasteiger partial charge on any atom is -0.497 e. The molecule has 1 aliphatic rings. The molecule has 1 heterocycles. The number of nitrogens with zero attached hydrogens (tertiary/aromatic N) is 2. The molecule has 4 rings (SSSR count). The van der Waals surface area contributed by atoms with Crippen LogP contribution in [0.2, 0.25) is 0 Å². The maximum Gasteiger partial charge on any atom is 0.239 e. The molecular formula is C27H35N5O2. The van der Waals surface area contributed by atoms with Crippen LogP contribution < -0.4 is 20.7 Å². The predicted molar refractivity (Wildman–Crippen MR) is 137 cm³/mol. The molecule has 1 amide bonds. The largest absolute Gasteiger partial charge is 0.497 e. The Morgan fingerprint density at radius 3 is 2.47 bits per heavy atom. The number of nitrogens with one attached hydrogen (secondary N) is 3. The Labute approximate surface area is 201 Å². The molecule has 1 aromatic heterocycles. The summed E-state index contributed by atoms with van der Waals surface area (Å²) in [5.41, 5.74) is 3.03. The lowest BCUT2D eigenvalue weighted by molar-refractivity contribution is -0.120. The van der Waals surface area contributed by atoms with E-state index in [1.165, 1.54) is 6.33 Å². The van der Waals surface area contributed by atoms with E-state index in [-0.39, 0.29) is 24.0 Å². The summed E-state index contributed by atoms with van der Waals surface area (Å²) >= 11 is 0. The highest BCUT2D eigenvalue weighted by Gasteiger charge is 2.25. The van der Waals surface area contributed by atoms with Gasteiger partial charge in [-0.3, -0.25) is 4.79 Å². The van der Waals surface area contributed by atoms with Gasteiger partial charge in [-0.25, -0.2) is 9.97 Å². The Morgan fingerprint density at radius 1 is 1.00 bits per heavy atom. The lowest BCUT2D eigenvalue weighted by Gasteiger charge is -2.34. The number of amides is 1. The first-order valence-corrected chi connectivity index (χ1v) is 12.0. The van der Waals surface area contributed by atoms with E-state index in [0.29, 0.717) is 11.9 Å². The maximum atomic E-state index is 12.6. The summed E-state index contributed by atoms with van der Waals surface area (Å²) in [7, 11) is 1.66. The molecule has 0 radical (unpaired) electrons. The number of carbonyl (C=O) groups is 1. The van der Waals surface area contributed by atoms with Crippen molar-refractivity contribution in [2.24, 2.45) is 0 Å². The molecule has 0 aliphatic heterocycles. The van der Waals surface area contributed by atoms with Crippen molar-refractivity contribution in [1.29, 1.82) is 0 Å². The number of ether oxygens (including phenoxy) is 1. The molecule has 0 unspecified atom stereocenters. The van der Waals surface area contributed by atoms with E-state index >= 15 is 0 Å². The van der Waals surface area contributed by atoms with E-state index in [1.807, 2.05) is 42.5 Å². The molecule has 180 valence electrons. The Morgan fingerprint density at radius 2 is 1.74 bits per heavy atom. The van der Waals surface area contributed by atoms with Crippen molar-refractivity contribution in [3.63, 3.8) is 0 Å². The summed E-state index contributed by atoms with van der Waals surface area (Å²) in [5.74, 6) is 1.45. The summed E-state index contributed by atoms with van der Waals surface area (Å²) in [6.07, 6.45) is 5.69. The molecule has 7 heteroatoms. The number of hydrogen-bond donors (Lipinski definition) is 3. The van der Waals surface area contributed by atoms with Crippen molar-refractivity contribution in [2.45, 2.75) is 64.1 Å². The summed E-state index contributed by atoms with van der Waals surface area (Å²) in [6.45, 7) is 6.77. The zero-order valence-electron chi connectivity index (χ0n) is 20.5. The normalized spacial score (nSPS) is 18.5. The second kappa shape index (κ2) is 10.4. The molecule has 0 saturated heterocycles. The van der Waals surface area contributed by atoms with Crippen LogP contribution in [0, 0.1) is 0 Å². The van der Waals surface area contributed by atoms with Gasteiger partial charge < -0.3 is 20.7 Å². The third-order valence-corrected chi connectivity index (χ3v) is 6.18. The highest BCUT2D eigenvalue weighted by molar-refractivity contribution is 5.93. The van der Waals surface area contributed by atoms with Gasteiger partial charge in [0.25, 0.3) is 0 Å². The molecule has 34 heavy (non-hydrogen) atoms. The van der Waals surface area contributed by atoms with Gasteiger partial charge in [0.1, 0.15) is 17.9 Å². The molecule has 0 atom stereocenters. The fourth-order valence-electron chi connectivity index (χ4n) is 4.62. The van der Waals surface area contributed by atoms with Crippen LogP contribution in [0.25, 0.3) is 22.0 Å². The van der Waals surface area contributed by atoms with Crippen LogP contribution in [-0.4, -0.2) is 47.2 Å². The van der Waals surface area contributed by atoms with Gasteiger partial charge in [0, 0.05) is 23.0 Å². The number of hydrogen-bond acceptors (Lipinski definition) is 6. The van der Waals surface area contributed by atoms with Crippen LogP contribution in [0.4, 0.5) is 5.82 Å². The zero-order chi connectivity index (χ0) is 24.1. The minimum atomic E-state index is -0.0112. The molecule has 1 saturated carbocycles. The fourth-order valence-corrected chi connectivity index (χ4v) is 4.62. The second-order valence-electron chi connectivity index (χ2n) is 10.1. The standard InChI is InChI=1S/C27H35N5O2/c1-27(2,3)32-21-11-9-20(10-12-21)31-25(33)16-28-26-23-15-19(8-13-24(23)29-17-30-26)18-6-5-7-22(14-18)34-4/h5-8,13-15,17,20-21,32H,9-12,16H2,1-4H3,(H,31,33)(H,28,29,30). The van der Waals surface area contributed by atoms with E-state index in [0.717, 1.165) is 53.5 Å². The van der Waals surface area contributed by atoms with E-state index in [4.69, 9.17) is 4.74 Å². The lowest BCUT2D eigenvalue weighted by Crippen LogP contribution is -2.48. The molecule has 1 aliphatic carbocycles. The van der Waals surface area contributed by atoms with E-state index in [1.54, 1.807) is 7.11 Å². The third-order valence-electron chi connectivity index (χ3n) is 6.18. The van der Waals surface area contributed by atoms with Gasteiger partial charge in [-0.2, -0.15) is 0 Å². The molecule has 7 nitrogen and oxygen atoms in total. The monoisotopic (exact) mass is 461 g/mol. The number of rotatable bonds is 7. The first-order chi connectivity index (χ1) is 16.3. The van der Waals surface area contributed by atoms with Gasteiger partial charge in [0.2, 0.25) is 5.91 Å². The highest BCUT2D eigenvalue weighted by atomic mass is 16.5. The van der Waals surface area contributed by atoms with Crippen LogP contribution in [-0.2, 0) is 4.79 Å². The van der Waals surface area contributed by atoms with Gasteiger partial charge in [-0.05, 0) is 81.8 Å². The smallest absolute Gasteiger partial charge is 0.239 e. The van der Waals surface area contributed by atoms with Crippen LogP contribution in [0.5, 0.6) is 5.75 Å². The van der Waals surface area contributed by atoms with Gasteiger partial charge in [-0.15, -0.1) is 0 Å². The number of anilines is 1. The lowest BCUT2D eigenvalue weighted by atomic mass is 9.89. The molecule has 3 aromatic rings. The molecule has 0 bridgehead atoms. The highest BCUT2D eigenvalue weighted by Crippen LogP contribution is 2.29. The summed E-state index contributed by atoms with van der Waals surface area (Å²) in [5, 5.41) is 11.0. The van der Waals surface area contributed by atoms with Gasteiger partial charge in [-0.1, -0.05) is 18.2 Å². The quantitative estimate of drug-likeness (QED) is 0.479. The number of carbonyl (C=O) groups excluding carboxylic acids is 1. The molecule has 0 spiro atoms. The van der Waals surface area contributed by atoms with Gasteiger partial charge in [0.15, 0.2) is 0 Å². The Hall–Kier alpha value is -3.19. The number of benzene rings is 2. The molecule has 1 fully saturated rings. The summed E-state index contributed by atoms with van der Waals surface area (Å²) in [4.78, 5) is 21.4. The summed E-state index contributed by atoms with van der Waals surface area (Å²) in [6, 6.07) is 14.7. The number of methoxy groups -OCH3 is 1. The number of fused-ring (bicyclic) bond motifs is 1. The van der Waals surface area contributed by atoms with E-state index in [9.17, 15) is 4.79 Å². The van der Waals surface area contributed by atoms with Crippen LogP contribution in [0.15, 0.2) is 48.8 Å². The van der Waals surface area contributed by atoms with Crippen molar-refractivity contribution in [2.75, 3.05) is 19.0 Å². The topological polar surface area (TPSA) is 88.2 Å². The molecule has 3 N–H and O–H groups in total. The molecule has 2 aromatic carbocycles. The van der Waals surface area contributed by atoms with Crippen LogP contribution in [0.1, 0.15) is 46.5 Å². The average Bonchev–Trinajstić information content (AvgIpc) is 2.82. The van der Waals surface area contributed by atoms with E-state index in [2.05, 4.69) is 46.7 Å². The fraction of sp³-hybridized carbons (Fsp3) is 0.444. The van der Waals surface area contributed by atoms with Crippen molar-refractivity contribution in [3.05, 3.63) is 48.8 Å². The zero-order valence-corrected chi connectivity index (χ0v) is 20.5. The van der Waals surface area contributed by atoms with Crippen LogP contribution in [0.3, 0.4) is 0 Å². The van der Waals surface area contributed by atoms with Crippen LogP contribution >= 0.6 is 0 Å². The van der Waals surface area contributed by atoms with Gasteiger partial charge >= 0.3 is 0 Å². The third kappa shape index (κ3) is 6.23. The van der Waals surface area contributed by atoms with E-state index < -0.39 is 0 Å². The van der Waals surface area contributed by atoms with Gasteiger partial charge in [0.05, 0.1) is 19.2 Å². The minimum absolute atomic E-state index is 0.0112. The Kier molecular flexibility index (Phi) is 7.32. The first-order valence-electron chi connectivity index (χ1n) is 12.0. The van der Waals surface area contributed by atoms with Crippen molar-refractivity contribution >= 4 is 22.6 Å². The van der Waals surface area contributed by atoms with Crippen molar-refractivity contribution in [3.8, 4) is 16.9 Å². The second-order valence-corrected chi connectivity index (χ2v) is 10.1. The SMILES string of the molecule is COc1cccc(-c2ccc3ncnc(NCC(=O)NC4CCC(NC(C)(C)C)CC4)c3c2)c1.